The lowest BCUT2D eigenvalue weighted by atomic mass is 9.99. The highest BCUT2D eigenvalue weighted by molar-refractivity contribution is 5.83. The summed E-state index contributed by atoms with van der Waals surface area (Å²) in [5.74, 6) is -0.911. The van der Waals surface area contributed by atoms with E-state index in [0.717, 1.165) is 19.3 Å². The fourth-order valence-corrected chi connectivity index (χ4v) is 2.32. The van der Waals surface area contributed by atoms with Gasteiger partial charge in [0.15, 0.2) is 0 Å². The average molecular weight is 242 g/mol. The number of amides is 2. The molecule has 1 heterocycles. The zero-order valence-corrected chi connectivity index (χ0v) is 10.8. The summed E-state index contributed by atoms with van der Waals surface area (Å²) < 4.78 is 0. The molecule has 1 atom stereocenters. The van der Waals surface area contributed by atoms with E-state index >= 15 is 0 Å². The summed E-state index contributed by atoms with van der Waals surface area (Å²) in [6.07, 6.45) is 3.18. The highest BCUT2D eigenvalue weighted by atomic mass is 16.4. The largest absolute Gasteiger partial charge is 0.480 e. The number of carbonyl (C=O) groups is 2. The van der Waals surface area contributed by atoms with Crippen molar-refractivity contribution in [3.63, 3.8) is 0 Å². The van der Waals surface area contributed by atoms with Gasteiger partial charge < -0.3 is 15.3 Å². The summed E-state index contributed by atoms with van der Waals surface area (Å²) >= 11 is 0. The number of rotatable bonds is 4. The molecule has 0 aromatic heterocycles. The maximum atomic E-state index is 12.0. The quantitative estimate of drug-likeness (QED) is 0.790. The van der Waals surface area contributed by atoms with Crippen LogP contribution in [-0.4, -0.2) is 40.1 Å². The van der Waals surface area contributed by atoms with E-state index in [-0.39, 0.29) is 11.6 Å². The molecule has 0 bridgehead atoms. The van der Waals surface area contributed by atoms with Crippen LogP contribution in [0.5, 0.6) is 0 Å². The summed E-state index contributed by atoms with van der Waals surface area (Å²) in [6.45, 7) is 6.51. The molecule has 1 aliphatic rings. The third kappa shape index (κ3) is 3.61. The topological polar surface area (TPSA) is 69.6 Å². The van der Waals surface area contributed by atoms with E-state index in [2.05, 4.69) is 12.2 Å². The Morgan fingerprint density at radius 1 is 1.47 bits per heavy atom. The van der Waals surface area contributed by atoms with Crippen LogP contribution in [-0.2, 0) is 4.79 Å². The lowest BCUT2D eigenvalue weighted by molar-refractivity contribution is -0.141. The molecule has 0 saturated carbocycles. The van der Waals surface area contributed by atoms with Crippen LogP contribution in [0.1, 0.15) is 46.5 Å². The summed E-state index contributed by atoms with van der Waals surface area (Å²) in [4.78, 5) is 24.4. The number of urea groups is 1. The van der Waals surface area contributed by atoms with E-state index in [4.69, 9.17) is 5.11 Å². The van der Waals surface area contributed by atoms with Gasteiger partial charge in [0, 0.05) is 12.1 Å². The number of carboxylic acids is 1. The number of nitrogens with zero attached hydrogens (tertiary/aromatic N) is 1. The Kier molecular flexibility index (Phi) is 4.37. The Bertz CT molecular complexity index is 302. The molecule has 1 rings (SSSR count). The molecule has 2 N–H and O–H groups in total. The maximum Gasteiger partial charge on any atom is 0.326 e. The second kappa shape index (κ2) is 5.38. The molecule has 98 valence electrons. The molecule has 2 amide bonds. The molecule has 1 aliphatic heterocycles. The number of carboxylic acid groups (broad SMARTS) is 1. The molecule has 0 radical (unpaired) electrons. The van der Waals surface area contributed by atoms with Gasteiger partial charge in [0.25, 0.3) is 0 Å². The standard InChI is InChI=1S/C12H22N2O3/c1-4-7-12(2,3)13-11(17)14-8-5-6-9(14)10(15)16/h9H,4-8H2,1-3H3,(H,13,17)(H,15,16). The van der Waals surface area contributed by atoms with Crippen LogP contribution in [0.2, 0.25) is 0 Å². The molecule has 1 saturated heterocycles. The Labute approximate surface area is 102 Å². The fourth-order valence-electron chi connectivity index (χ4n) is 2.32. The van der Waals surface area contributed by atoms with E-state index in [9.17, 15) is 9.59 Å². The minimum absolute atomic E-state index is 0.256. The maximum absolute atomic E-state index is 12.0. The molecular formula is C12H22N2O3. The average Bonchev–Trinajstić information content (AvgIpc) is 2.64. The zero-order valence-electron chi connectivity index (χ0n) is 10.8. The minimum Gasteiger partial charge on any atom is -0.480 e. The van der Waals surface area contributed by atoms with Gasteiger partial charge >= 0.3 is 12.0 Å². The van der Waals surface area contributed by atoms with Gasteiger partial charge in [-0.3, -0.25) is 0 Å². The van der Waals surface area contributed by atoms with Gasteiger partial charge in [-0.05, 0) is 33.1 Å². The van der Waals surface area contributed by atoms with Crippen molar-refractivity contribution in [1.29, 1.82) is 0 Å². The van der Waals surface area contributed by atoms with Crippen molar-refractivity contribution in [3.8, 4) is 0 Å². The number of carbonyl (C=O) groups excluding carboxylic acids is 1. The van der Waals surface area contributed by atoms with Crippen LogP contribution in [0, 0.1) is 0 Å². The number of hydrogen-bond acceptors (Lipinski definition) is 2. The van der Waals surface area contributed by atoms with Crippen molar-refractivity contribution in [2.45, 2.75) is 58.0 Å². The number of nitrogens with one attached hydrogen (secondary N) is 1. The van der Waals surface area contributed by atoms with E-state index in [1.807, 2.05) is 13.8 Å². The van der Waals surface area contributed by atoms with Crippen molar-refractivity contribution in [1.82, 2.24) is 10.2 Å². The Balaban J connectivity index is 2.61. The van der Waals surface area contributed by atoms with E-state index in [1.54, 1.807) is 0 Å². The molecule has 0 aromatic rings. The summed E-state index contributed by atoms with van der Waals surface area (Å²) in [5, 5.41) is 11.9. The van der Waals surface area contributed by atoms with Crippen molar-refractivity contribution < 1.29 is 14.7 Å². The van der Waals surface area contributed by atoms with Gasteiger partial charge in [-0.2, -0.15) is 0 Å². The summed E-state index contributed by atoms with van der Waals surface area (Å²) in [7, 11) is 0. The molecule has 5 nitrogen and oxygen atoms in total. The summed E-state index contributed by atoms with van der Waals surface area (Å²) in [5.41, 5.74) is -0.280. The van der Waals surface area contributed by atoms with Crippen molar-refractivity contribution in [2.75, 3.05) is 6.54 Å². The van der Waals surface area contributed by atoms with E-state index in [0.29, 0.717) is 13.0 Å². The third-order valence-corrected chi connectivity index (χ3v) is 3.12. The van der Waals surface area contributed by atoms with Crippen molar-refractivity contribution in [3.05, 3.63) is 0 Å². The summed E-state index contributed by atoms with van der Waals surface area (Å²) in [6, 6.07) is -0.916. The van der Waals surface area contributed by atoms with Gasteiger partial charge in [0.1, 0.15) is 6.04 Å². The van der Waals surface area contributed by atoms with Crippen molar-refractivity contribution >= 4 is 12.0 Å². The number of aliphatic carboxylic acids is 1. The second-order valence-corrected chi connectivity index (χ2v) is 5.25. The first kappa shape index (κ1) is 13.8. The molecule has 5 heteroatoms. The highest BCUT2D eigenvalue weighted by Crippen LogP contribution is 2.19. The third-order valence-electron chi connectivity index (χ3n) is 3.12. The molecule has 1 fully saturated rings. The fraction of sp³-hybridized carbons (Fsp3) is 0.833. The molecule has 1 unspecified atom stereocenters. The molecule has 0 aromatic carbocycles. The van der Waals surface area contributed by atoms with Gasteiger partial charge in [-0.15, -0.1) is 0 Å². The molecular weight excluding hydrogens is 220 g/mol. The predicted molar refractivity (Wildman–Crippen MR) is 64.9 cm³/mol. The number of likely N-dealkylation sites (tertiary alicyclic amines) is 1. The molecule has 17 heavy (non-hydrogen) atoms. The minimum atomic E-state index is -0.911. The van der Waals surface area contributed by atoms with Gasteiger partial charge in [-0.25, -0.2) is 9.59 Å². The van der Waals surface area contributed by atoms with E-state index < -0.39 is 12.0 Å². The normalized spacial score (nSPS) is 20.4. The lowest BCUT2D eigenvalue weighted by Crippen LogP contribution is -2.52. The SMILES string of the molecule is CCCC(C)(C)NC(=O)N1CCCC1C(=O)O. The van der Waals surface area contributed by atoms with Gasteiger partial charge in [-0.1, -0.05) is 13.3 Å². The van der Waals surface area contributed by atoms with Crippen LogP contribution in [0.3, 0.4) is 0 Å². The highest BCUT2D eigenvalue weighted by Gasteiger charge is 2.35. The smallest absolute Gasteiger partial charge is 0.326 e. The lowest BCUT2D eigenvalue weighted by Gasteiger charge is -2.30. The van der Waals surface area contributed by atoms with Gasteiger partial charge in [0.05, 0.1) is 0 Å². The number of hydrogen-bond donors (Lipinski definition) is 2. The predicted octanol–water partition coefficient (Wildman–Crippen LogP) is 1.82. The first-order valence-corrected chi connectivity index (χ1v) is 6.19. The van der Waals surface area contributed by atoms with Crippen LogP contribution >= 0.6 is 0 Å². The Morgan fingerprint density at radius 2 is 2.12 bits per heavy atom. The van der Waals surface area contributed by atoms with Crippen LogP contribution in [0.25, 0.3) is 0 Å². The van der Waals surface area contributed by atoms with E-state index in [1.165, 1.54) is 4.90 Å². The first-order valence-electron chi connectivity index (χ1n) is 6.19. The van der Waals surface area contributed by atoms with Crippen LogP contribution < -0.4 is 5.32 Å². The second-order valence-electron chi connectivity index (χ2n) is 5.25. The van der Waals surface area contributed by atoms with Gasteiger partial charge in [0.2, 0.25) is 0 Å². The first-order chi connectivity index (χ1) is 7.87. The molecule has 0 spiro atoms. The van der Waals surface area contributed by atoms with Crippen molar-refractivity contribution in [2.24, 2.45) is 0 Å². The van der Waals surface area contributed by atoms with Crippen LogP contribution in [0.4, 0.5) is 4.79 Å². The Hall–Kier alpha value is -1.26. The zero-order chi connectivity index (χ0) is 13.1. The molecule has 0 aliphatic carbocycles. The van der Waals surface area contributed by atoms with Crippen LogP contribution in [0.15, 0.2) is 0 Å². The Morgan fingerprint density at radius 3 is 2.65 bits per heavy atom. The monoisotopic (exact) mass is 242 g/mol.